The molecule has 8 nitrogen and oxygen atoms in total. The summed E-state index contributed by atoms with van der Waals surface area (Å²) in [7, 11) is 0. The molecule has 0 saturated carbocycles. The van der Waals surface area contributed by atoms with Crippen LogP contribution in [0.4, 0.5) is 0 Å². The molecule has 2 aliphatic rings. The SMILES string of the molecule is CCNC(=NCC(=O)N1CCC(Cc2ccccc2)CC1)NC1CCc2nc(C)nn2C1. The van der Waals surface area contributed by atoms with Gasteiger partial charge in [0.15, 0.2) is 5.96 Å². The highest BCUT2D eigenvalue weighted by atomic mass is 16.2. The van der Waals surface area contributed by atoms with Crippen molar-refractivity contribution >= 4 is 11.9 Å². The number of nitrogens with zero attached hydrogens (tertiary/aromatic N) is 5. The van der Waals surface area contributed by atoms with Crippen LogP contribution in [0, 0.1) is 12.8 Å². The Balaban J connectivity index is 1.25. The third-order valence-corrected chi connectivity index (χ3v) is 6.36. The maximum Gasteiger partial charge on any atom is 0.244 e. The fourth-order valence-corrected chi connectivity index (χ4v) is 4.65. The molecule has 8 heteroatoms. The fourth-order valence-electron chi connectivity index (χ4n) is 4.65. The third-order valence-electron chi connectivity index (χ3n) is 6.36. The Morgan fingerprint density at radius 2 is 1.97 bits per heavy atom. The highest BCUT2D eigenvalue weighted by molar-refractivity contribution is 5.85. The largest absolute Gasteiger partial charge is 0.357 e. The van der Waals surface area contributed by atoms with Gasteiger partial charge in [-0.25, -0.2) is 14.7 Å². The van der Waals surface area contributed by atoms with E-state index in [4.69, 9.17) is 0 Å². The molecule has 2 aliphatic heterocycles. The average Bonchev–Trinajstić information content (AvgIpc) is 3.18. The standard InChI is InChI=1S/C24H35N7O/c1-3-25-24(28-21-9-10-22-27-18(2)29-31(22)17-21)26-16-23(32)30-13-11-20(12-14-30)15-19-7-5-4-6-8-19/h4-8,20-21H,3,9-17H2,1-2H3,(H2,25,26,28). The number of hydrogen-bond donors (Lipinski definition) is 2. The molecule has 2 aromatic rings. The zero-order chi connectivity index (χ0) is 22.3. The Morgan fingerprint density at radius 3 is 2.72 bits per heavy atom. The highest BCUT2D eigenvalue weighted by Crippen LogP contribution is 2.21. The number of amides is 1. The second-order valence-corrected chi connectivity index (χ2v) is 8.85. The summed E-state index contributed by atoms with van der Waals surface area (Å²) in [6, 6.07) is 10.9. The molecule has 0 aliphatic carbocycles. The van der Waals surface area contributed by atoms with Crippen molar-refractivity contribution in [1.29, 1.82) is 0 Å². The van der Waals surface area contributed by atoms with E-state index in [9.17, 15) is 4.79 Å². The van der Waals surface area contributed by atoms with E-state index < -0.39 is 0 Å². The minimum atomic E-state index is 0.109. The second-order valence-electron chi connectivity index (χ2n) is 8.85. The van der Waals surface area contributed by atoms with E-state index in [1.54, 1.807) is 0 Å². The number of rotatable bonds is 6. The number of aliphatic imine (C=N–C) groups is 1. The summed E-state index contributed by atoms with van der Waals surface area (Å²) in [6.07, 6.45) is 5.10. The zero-order valence-corrected chi connectivity index (χ0v) is 19.3. The summed E-state index contributed by atoms with van der Waals surface area (Å²) < 4.78 is 1.98. The molecule has 2 N–H and O–H groups in total. The van der Waals surface area contributed by atoms with Gasteiger partial charge < -0.3 is 15.5 Å². The van der Waals surface area contributed by atoms with Crippen molar-refractivity contribution in [3.8, 4) is 0 Å². The normalized spacial score (nSPS) is 19.5. The van der Waals surface area contributed by atoms with Gasteiger partial charge in [-0.05, 0) is 51.0 Å². The van der Waals surface area contributed by atoms with E-state index in [1.165, 1.54) is 5.56 Å². The Hall–Kier alpha value is -2.90. The molecule has 1 fully saturated rings. The van der Waals surface area contributed by atoms with Crippen molar-refractivity contribution in [2.45, 2.75) is 58.5 Å². The number of carbonyl (C=O) groups excluding carboxylic acids is 1. The lowest BCUT2D eigenvalue weighted by atomic mass is 9.90. The van der Waals surface area contributed by atoms with Gasteiger partial charge in [-0.15, -0.1) is 0 Å². The number of carbonyl (C=O) groups is 1. The number of nitrogens with one attached hydrogen (secondary N) is 2. The van der Waals surface area contributed by atoms with Gasteiger partial charge in [0.2, 0.25) is 5.91 Å². The quantitative estimate of drug-likeness (QED) is 0.533. The number of piperidine rings is 1. The van der Waals surface area contributed by atoms with Gasteiger partial charge >= 0.3 is 0 Å². The molecule has 1 atom stereocenters. The molecule has 172 valence electrons. The number of likely N-dealkylation sites (tertiary alicyclic amines) is 1. The molecule has 3 heterocycles. The van der Waals surface area contributed by atoms with Crippen molar-refractivity contribution in [3.05, 3.63) is 47.5 Å². The lowest BCUT2D eigenvalue weighted by molar-refractivity contribution is -0.130. The van der Waals surface area contributed by atoms with E-state index in [1.807, 2.05) is 23.4 Å². The molecule has 32 heavy (non-hydrogen) atoms. The van der Waals surface area contributed by atoms with Crippen molar-refractivity contribution in [2.24, 2.45) is 10.9 Å². The minimum Gasteiger partial charge on any atom is -0.357 e. The molecule has 1 unspecified atom stereocenters. The van der Waals surface area contributed by atoms with Gasteiger partial charge in [0, 0.05) is 32.1 Å². The summed E-state index contributed by atoms with van der Waals surface area (Å²) in [5, 5.41) is 11.2. The first kappa shape index (κ1) is 22.3. The van der Waals surface area contributed by atoms with Crippen LogP contribution in [-0.4, -0.2) is 63.8 Å². The van der Waals surface area contributed by atoms with Crippen LogP contribution >= 0.6 is 0 Å². The molecule has 0 radical (unpaired) electrons. The molecule has 1 aromatic heterocycles. The number of fused-ring (bicyclic) bond motifs is 1. The first-order valence-electron chi connectivity index (χ1n) is 11.9. The van der Waals surface area contributed by atoms with Crippen LogP contribution in [0.1, 0.15) is 43.4 Å². The predicted molar refractivity (Wildman–Crippen MR) is 125 cm³/mol. The van der Waals surface area contributed by atoms with Crippen LogP contribution < -0.4 is 10.6 Å². The van der Waals surface area contributed by atoms with Crippen LogP contribution in [0.3, 0.4) is 0 Å². The van der Waals surface area contributed by atoms with Crippen molar-refractivity contribution in [3.63, 3.8) is 0 Å². The summed E-state index contributed by atoms with van der Waals surface area (Å²) in [6.45, 7) is 7.32. The van der Waals surface area contributed by atoms with Crippen molar-refractivity contribution in [2.75, 3.05) is 26.2 Å². The fraction of sp³-hybridized carbons (Fsp3) is 0.583. The Morgan fingerprint density at radius 1 is 1.19 bits per heavy atom. The Bertz CT molecular complexity index is 916. The summed E-state index contributed by atoms with van der Waals surface area (Å²) >= 11 is 0. The van der Waals surface area contributed by atoms with Gasteiger partial charge in [0.1, 0.15) is 18.2 Å². The summed E-state index contributed by atoms with van der Waals surface area (Å²) in [5.41, 5.74) is 1.39. The number of aryl methyl sites for hydroxylation is 2. The lowest BCUT2D eigenvalue weighted by Crippen LogP contribution is -2.47. The third kappa shape index (κ3) is 5.87. The molecule has 0 bridgehead atoms. The zero-order valence-electron chi connectivity index (χ0n) is 19.3. The van der Waals surface area contributed by atoms with Crippen molar-refractivity contribution in [1.82, 2.24) is 30.3 Å². The van der Waals surface area contributed by atoms with E-state index in [2.05, 4.69) is 56.0 Å². The molecule has 0 spiro atoms. The number of benzene rings is 1. The van der Waals surface area contributed by atoms with Gasteiger partial charge in [-0.1, -0.05) is 30.3 Å². The lowest BCUT2D eigenvalue weighted by Gasteiger charge is -2.32. The van der Waals surface area contributed by atoms with E-state index in [0.29, 0.717) is 11.9 Å². The first-order valence-corrected chi connectivity index (χ1v) is 11.9. The molecule has 1 aromatic carbocycles. The van der Waals surface area contributed by atoms with Crippen LogP contribution in [0.15, 0.2) is 35.3 Å². The van der Waals surface area contributed by atoms with Gasteiger partial charge in [0.25, 0.3) is 0 Å². The summed E-state index contributed by atoms with van der Waals surface area (Å²) in [4.78, 5) is 23.8. The monoisotopic (exact) mass is 437 g/mol. The predicted octanol–water partition coefficient (Wildman–Crippen LogP) is 1.94. The van der Waals surface area contributed by atoms with Crippen LogP contribution in [0.25, 0.3) is 0 Å². The molecule has 1 amide bonds. The van der Waals surface area contributed by atoms with Crippen molar-refractivity contribution < 1.29 is 4.79 Å². The van der Waals surface area contributed by atoms with E-state index >= 15 is 0 Å². The Labute approximate surface area is 190 Å². The van der Waals surface area contributed by atoms with Crippen LogP contribution in [-0.2, 0) is 24.2 Å². The van der Waals surface area contributed by atoms with Crippen LogP contribution in [0.5, 0.6) is 0 Å². The molecular weight excluding hydrogens is 402 g/mol. The highest BCUT2D eigenvalue weighted by Gasteiger charge is 2.24. The van der Waals surface area contributed by atoms with E-state index in [0.717, 1.165) is 69.9 Å². The molecular formula is C24H35N7O. The van der Waals surface area contributed by atoms with Crippen LogP contribution in [0.2, 0.25) is 0 Å². The maximum atomic E-state index is 12.8. The Kier molecular flexibility index (Phi) is 7.39. The van der Waals surface area contributed by atoms with E-state index in [-0.39, 0.29) is 18.5 Å². The minimum absolute atomic E-state index is 0.109. The first-order chi connectivity index (χ1) is 15.6. The average molecular weight is 438 g/mol. The summed E-state index contributed by atoms with van der Waals surface area (Å²) in [5.74, 6) is 3.33. The number of aromatic nitrogens is 3. The molecule has 1 saturated heterocycles. The number of hydrogen-bond acceptors (Lipinski definition) is 4. The molecule has 4 rings (SSSR count). The second kappa shape index (κ2) is 10.6. The van der Waals surface area contributed by atoms with Gasteiger partial charge in [-0.3, -0.25) is 4.79 Å². The van der Waals surface area contributed by atoms with Gasteiger partial charge in [-0.2, -0.15) is 5.10 Å². The topological polar surface area (TPSA) is 87.4 Å². The smallest absolute Gasteiger partial charge is 0.244 e. The van der Waals surface area contributed by atoms with Gasteiger partial charge in [0.05, 0.1) is 6.54 Å². The number of guanidine groups is 1. The maximum absolute atomic E-state index is 12.8.